The van der Waals surface area contributed by atoms with Gasteiger partial charge in [0, 0.05) is 19.2 Å². The molecule has 0 spiro atoms. The molecule has 25 heavy (non-hydrogen) atoms. The highest BCUT2D eigenvalue weighted by Gasteiger charge is 2.23. The van der Waals surface area contributed by atoms with E-state index in [1.807, 2.05) is 0 Å². The van der Waals surface area contributed by atoms with E-state index in [0.29, 0.717) is 11.8 Å². The van der Waals surface area contributed by atoms with E-state index in [0.717, 1.165) is 42.5 Å². The molecule has 0 bridgehead atoms. The fraction of sp³-hybridized carbons (Fsp3) is 0.412. The molecule has 1 fully saturated rings. The molecule has 2 unspecified atom stereocenters. The lowest BCUT2D eigenvalue weighted by molar-refractivity contribution is 0.0669. The van der Waals surface area contributed by atoms with Crippen molar-refractivity contribution in [3.8, 4) is 5.69 Å². The van der Waals surface area contributed by atoms with Crippen molar-refractivity contribution in [3.63, 3.8) is 0 Å². The summed E-state index contributed by atoms with van der Waals surface area (Å²) in [5, 5.41) is 7.10. The molecule has 1 aliphatic rings. The zero-order chi connectivity index (χ0) is 18.0. The van der Waals surface area contributed by atoms with Crippen LogP contribution in [0, 0.1) is 11.6 Å². The molecule has 3 rings (SSSR count). The smallest absolute Gasteiger partial charge is 0.292 e. The van der Waals surface area contributed by atoms with E-state index in [9.17, 15) is 13.6 Å². The quantitative estimate of drug-likeness (QED) is 0.895. The Labute approximate surface area is 148 Å². The van der Waals surface area contributed by atoms with Gasteiger partial charge in [0.2, 0.25) is 0 Å². The van der Waals surface area contributed by atoms with Crippen molar-refractivity contribution < 1.29 is 13.5 Å². The number of halogens is 3. The lowest BCUT2D eigenvalue weighted by Gasteiger charge is -2.29. The molecule has 1 aliphatic carbocycles. The number of nitrogens with zero attached hydrogens (tertiary/aromatic N) is 2. The van der Waals surface area contributed by atoms with Gasteiger partial charge in [-0.1, -0.05) is 11.6 Å². The number of hydrogen-bond acceptors (Lipinski definition) is 4. The molecule has 1 N–H and O–H groups in total. The van der Waals surface area contributed by atoms with Crippen LogP contribution in [-0.2, 0) is 4.74 Å². The highest BCUT2D eigenvalue weighted by Crippen LogP contribution is 2.26. The topological polar surface area (TPSA) is 56.1 Å². The van der Waals surface area contributed by atoms with Crippen molar-refractivity contribution in [2.24, 2.45) is 0 Å². The number of anilines is 1. The molecule has 5 nitrogen and oxygen atoms in total. The Morgan fingerprint density at radius 1 is 1.36 bits per heavy atom. The first-order chi connectivity index (χ1) is 12.0. The Morgan fingerprint density at radius 3 is 2.88 bits per heavy atom. The first-order valence-electron chi connectivity index (χ1n) is 8.02. The lowest BCUT2D eigenvalue weighted by Crippen LogP contribution is -2.32. The van der Waals surface area contributed by atoms with Gasteiger partial charge in [-0.05, 0) is 37.8 Å². The molecule has 2 aromatic rings. The second-order valence-electron chi connectivity index (χ2n) is 6.05. The Hall–Kier alpha value is -1.99. The van der Waals surface area contributed by atoms with E-state index >= 15 is 0 Å². The Balaban J connectivity index is 1.87. The van der Waals surface area contributed by atoms with E-state index in [1.54, 1.807) is 7.11 Å². The van der Waals surface area contributed by atoms with Crippen molar-refractivity contribution in [2.45, 2.75) is 37.8 Å². The third-order valence-corrected chi connectivity index (χ3v) is 4.74. The second kappa shape index (κ2) is 7.49. The number of methoxy groups -OCH3 is 1. The summed E-state index contributed by atoms with van der Waals surface area (Å²) in [6.45, 7) is 0. The maximum absolute atomic E-state index is 13.9. The minimum absolute atomic E-state index is 0.0849. The minimum atomic E-state index is -0.887. The molecule has 0 saturated heterocycles. The van der Waals surface area contributed by atoms with Crippen molar-refractivity contribution in [3.05, 3.63) is 51.4 Å². The highest BCUT2D eigenvalue weighted by molar-refractivity contribution is 6.32. The molecule has 134 valence electrons. The number of rotatable bonds is 4. The summed E-state index contributed by atoms with van der Waals surface area (Å²) in [6.07, 6.45) is 5.31. The lowest BCUT2D eigenvalue weighted by atomic mass is 9.93. The van der Waals surface area contributed by atoms with E-state index in [1.165, 1.54) is 6.20 Å². The fourth-order valence-electron chi connectivity index (χ4n) is 3.07. The monoisotopic (exact) mass is 369 g/mol. The standard InChI is InChI=1S/C17H18ClF2N3O2/c1-25-12-4-2-3-11(8-12)22-14-9-21-23(17(24)16(14)18)15-6-5-10(19)7-13(15)20/h5-7,9,11-12,22H,2-4,8H2,1H3. The Bertz CT molecular complexity index is 828. The number of benzene rings is 1. The summed E-state index contributed by atoms with van der Waals surface area (Å²) in [5.74, 6) is -1.62. The van der Waals surface area contributed by atoms with E-state index in [-0.39, 0.29) is 22.9 Å². The van der Waals surface area contributed by atoms with Gasteiger partial charge in [-0.15, -0.1) is 0 Å². The summed E-state index contributed by atoms with van der Waals surface area (Å²) in [7, 11) is 1.68. The molecule has 1 aromatic heterocycles. The average Bonchev–Trinajstić information content (AvgIpc) is 2.60. The predicted molar refractivity (Wildman–Crippen MR) is 91.4 cm³/mol. The molecule has 1 aromatic carbocycles. The van der Waals surface area contributed by atoms with Gasteiger partial charge < -0.3 is 10.1 Å². The maximum Gasteiger partial charge on any atom is 0.292 e. The van der Waals surface area contributed by atoms with Crippen LogP contribution in [0.1, 0.15) is 25.7 Å². The largest absolute Gasteiger partial charge is 0.381 e. The van der Waals surface area contributed by atoms with Gasteiger partial charge in [0.1, 0.15) is 16.5 Å². The molecule has 1 saturated carbocycles. The molecule has 2 atom stereocenters. The van der Waals surface area contributed by atoms with Gasteiger partial charge in [0.25, 0.3) is 5.56 Å². The van der Waals surface area contributed by atoms with Crippen molar-refractivity contribution in [1.82, 2.24) is 9.78 Å². The van der Waals surface area contributed by atoms with Crippen LogP contribution >= 0.6 is 11.6 Å². The van der Waals surface area contributed by atoms with E-state index < -0.39 is 17.2 Å². The molecular formula is C17H18ClF2N3O2. The van der Waals surface area contributed by atoms with Crippen molar-refractivity contribution >= 4 is 17.3 Å². The minimum Gasteiger partial charge on any atom is -0.381 e. The third kappa shape index (κ3) is 3.82. The predicted octanol–water partition coefficient (Wildman–Crippen LogP) is 3.53. The van der Waals surface area contributed by atoms with E-state index in [4.69, 9.17) is 16.3 Å². The summed E-state index contributed by atoms with van der Waals surface area (Å²) >= 11 is 6.16. The SMILES string of the molecule is COC1CCCC(Nc2cnn(-c3ccc(F)cc3F)c(=O)c2Cl)C1. The zero-order valence-corrected chi connectivity index (χ0v) is 14.4. The fourth-order valence-corrected chi connectivity index (χ4v) is 3.25. The first-order valence-corrected chi connectivity index (χ1v) is 8.40. The third-order valence-electron chi connectivity index (χ3n) is 4.38. The van der Waals surface area contributed by atoms with Gasteiger partial charge in [0.05, 0.1) is 18.0 Å². The normalized spacial score (nSPS) is 20.5. The number of ether oxygens (including phenoxy) is 1. The van der Waals surface area contributed by atoms with Gasteiger partial charge in [-0.3, -0.25) is 4.79 Å². The summed E-state index contributed by atoms with van der Waals surface area (Å²) < 4.78 is 33.1. The van der Waals surface area contributed by atoms with Gasteiger partial charge in [-0.2, -0.15) is 9.78 Å². The summed E-state index contributed by atoms with van der Waals surface area (Å²) in [6, 6.07) is 3.01. The number of aromatic nitrogens is 2. The zero-order valence-electron chi connectivity index (χ0n) is 13.6. The summed E-state index contributed by atoms with van der Waals surface area (Å²) in [4.78, 5) is 12.4. The van der Waals surface area contributed by atoms with E-state index in [2.05, 4.69) is 10.4 Å². The second-order valence-corrected chi connectivity index (χ2v) is 6.43. The van der Waals surface area contributed by atoms with Crippen LogP contribution < -0.4 is 10.9 Å². The number of hydrogen-bond donors (Lipinski definition) is 1. The van der Waals surface area contributed by atoms with Gasteiger partial charge in [0.15, 0.2) is 5.82 Å². The van der Waals surface area contributed by atoms with Crippen molar-refractivity contribution in [2.75, 3.05) is 12.4 Å². The molecule has 0 amide bonds. The van der Waals surface area contributed by atoms with Crippen LogP contribution in [-0.4, -0.2) is 29.0 Å². The Morgan fingerprint density at radius 2 is 2.16 bits per heavy atom. The van der Waals surface area contributed by atoms with Gasteiger partial charge in [-0.25, -0.2) is 8.78 Å². The summed E-state index contributed by atoms with van der Waals surface area (Å²) in [5.41, 5.74) is -0.430. The molecule has 1 heterocycles. The molecular weight excluding hydrogens is 352 g/mol. The van der Waals surface area contributed by atoms with Crippen LogP contribution in [0.4, 0.5) is 14.5 Å². The van der Waals surface area contributed by atoms with Crippen molar-refractivity contribution in [1.29, 1.82) is 0 Å². The first kappa shape index (κ1) is 17.8. The van der Waals surface area contributed by atoms with Crippen LogP contribution in [0.5, 0.6) is 0 Å². The molecule has 0 aliphatic heterocycles. The maximum atomic E-state index is 13.9. The highest BCUT2D eigenvalue weighted by atomic mass is 35.5. The molecule has 8 heteroatoms. The van der Waals surface area contributed by atoms with Crippen LogP contribution in [0.15, 0.2) is 29.2 Å². The van der Waals surface area contributed by atoms with Crippen LogP contribution in [0.25, 0.3) is 5.69 Å². The number of nitrogens with one attached hydrogen (secondary N) is 1. The van der Waals surface area contributed by atoms with Crippen LogP contribution in [0.3, 0.4) is 0 Å². The molecule has 0 radical (unpaired) electrons. The Kier molecular flexibility index (Phi) is 5.34. The van der Waals surface area contributed by atoms with Gasteiger partial charge >= 0.3 is 0 Å². The van der Waals surface area contributed by atoms with Crippen LogP contribution in [0.2, 0.25) is 5.02 Å². The average molecular weight is 370 g/mol.